The van der Waals surface area contributed by atoms with Gasteiger partial charge >= 0.3 is 0 Å². The molecule has 1 spiro atoms. The molecule has 2 fully saturated rings. The van der Waals surface area contributed by atoms with Gasteiger partial charge in [0.2, 0.25) is 15.9 Å². The minimum Gasteiger partial charge on any atom is -0.345 e. The van der Waals surface area contributed by atoms with E-state index in [1.165, 1.54) is 16.4 Å². The molecule has 2 aliphatic rings. The van der Waals surface area contributed by atoms with Crippen molar-refractivity contribution in [2.75, 3.05) is 26.7 Å². The van der Waals surface area contributed by atoms with Gasteiger partial charge in [-0.05, 0) is 37.5 Å². The highest BCUT2D eigenvalue weighted by Gasteiger charge is 2.50. The first-order chi connectivity index (χ1) is 10.9. The van der Waals surface area contributed by atoms with E-state index < -0.39 is 15.4 Å². The van der Waals surface area contributed by atoms with E-state index in [0.29, 0.717) is 18.5 Å². The van der Waals surface area contributed by atoms with E-state index in [0.717, 1.165) is 19.4 Å². The minimum atomic E-state index is -3.68. The monoisotopic (exact) mass is 333 g/mol. The van der Waals surface area contributed by atoms with Crippen LogP contribution in [0.15, 0.2) is 29.2 Å². The molecule has 0 aliphatic carbocycles. The molecule has 2 heterocycles. The van der Waals surface area contributed by atoms with Gasteiger partial charge in [0.1, 0.15) is 0 Å². The highest BCUT2D eigenvalue weighted by molar-refractivity contribution is 7.89. The summed E-state index contributed by atoms with van der Waals surface area (Å²) in [7, 11) is -1.90. The maximum absolute atomic E-state index is 12.8. The van der Waals surface area contributed by atoms with Crippen LogP contribution in [-0.2, 0) is 14.8 Å². The molecular weight excluding hydrogens is 314 g/mol. The number of hydrogen-bond donors (Lipinski definition) is 0. The van der Waals surface area contributed by atoms with Crippen LogP contribution < -0.4 is 0 Å². The third kappa shape index (κ3) is 2.62. The Morgan fingerprint density at radius 3 is 2.78 bits per heavy atom. The summed E-state index contributed by atoms with van der Waals surface area (Å²) in [5.74, 6) is 0.0484. The number of sulfonamides is 1. The van der Waals surface area contributed by atoms with Gasteiger partial charge in [0.25, 0.3) is 0 Å². The molecule has 0 unspecified atom stereocenters. The maximum atomic E-state index is 12.8. The largest absolute Gasteiger partial charge is 0.345 e. The van der Waals surface area contributed by atoms with Crippen molar-refractivity contribution >= 4 is 15.9 Å². The number of piperidine rings is 1. The van der Waals surface area contributed by atoms with E-state index >= 15 is 0 Å². The van der Waals surface area contributed by atoms with Gasteiger partial charge in [0, 0.05) is 26.7 Å². The SMILES string of the molecule is CN1CCC[C@]2(CCN(S(=O)(=O)c3cccc(C#N)c3)C2)C1=O. The molecular formula is C16H19N3O3S. The molecule has 0 bridgehead atoms. The Balaban J connectivity index is 1.88. The average Bonchev–Trinajstić information content (AvgIpc) is 2.98. The fourth-order valence-electron chi connectivity index (χ4n) is 3.56. The lowest BCUT2D eigenvalue weighted by Gasteiger charge is -2.37. The van der Waals surface area contributed by atoms with Crippen LogP contribution in [0.25, 0.3) is 0 Å². The fraction of sp³-hybridized carbons (Fsp3) is 0.500. The lowest BCUT2D eigenvalue weighted by Crippen LogP contribution is -2.48. The fourth-order valence-corrected chi connectivity index (χ4v) is 5.13. The van der Waals surface area contributed by atoms with Crippen molar-refractivity contribution in [3.8, 4) is 6.07 Å². The van der Waals surface area contributed by atoms with Crippen molar-refractivity contribution < 1.29 is 13.2 Å². The van der Waals surface area contributed by atoms with E-state index in [1.54, 1.807) is 24.1 Å². The number of amides is 1. The van der Waals surface area contributed by atoms with Crippen molar-refractivity contribution in [2.24, 2.45) is 5.41 Å². The normalized spacial score (nSPS) is 25.7. The highest BCUT2D eigenvalue weighted by Crippen LogP contribution is 2.41. The smallest absolute Gasteiger partial charge is 0.243 e. The second kappa shape index (κ2) is 5.62. The van der Waals surface area contributed by atoms with Gasteiger partial charge in [-0.25, -0.2) is 8.42 Å². The summed E-state index contributed by atoms with van der Waals surface area (Å²) < 4.78 is 27.0. The zero-order valence-corrected chi connectivity index (χ0v) is 13.8. The van der Waals surface area contributed by atoms with Gasteiger partial charge in [0.15, 0.2) is 0 Å². The van der Waals surface area contributed by atoms with Crippen molar-refractivity contribution in [3.63, 3.8) is 0 Å². The zero-order chi connectivity index (χ0) is 16.7. The van der Waals surface area contributed by atoms with Crippen LogP contribution in [0.5, 0.6) is 0 Å². The molecule has 1 atom stereocenters. The molecule has 6 nitrogen and oxygen atoms in total. The van der Waals surface area contributed by atoms with Crippen molar-refractivity contribution in [1.82, 2.24) is 9.21 Å². The zero-order valence-electron chi connectivity index (χ0n) is 13.0. The minimum absolute atomic E-state index is 0.0484. The number of nitrogens with zero attached hydrogens (tertiary/aromatic N) is 3. The number of carbonyl (C=O) groups is 1. The summed E-state index contributed by atoms with van der Waals surface area (Å²) in [6, 6.07) is 7.98. The van der Waals surface area contributed by atoms with E-state index in [9.17, 15) is 13.2 Å². The van der Waals surface area contributed by atoms with Gasteiger partial charge < -0.3 is 4.90 Å². The van der Waals surface area contributed by atoms with Crippen LogP contribution in [0.2, 0.25) is 0 Å². The van der Waals surface area contributed by atoms with E-state index in [4.69, 9.17) is 5.26 Å². The quantitative estimate of drug-likeness (QED) is 0.814. The Morgan fingerprint density at radius 1 is 1.26 bits per heavy atom. The maximum Gasteiger partial charge on any atom is 0.243 e. The Hall–Kier alpha value is -1.91. The first-order valence-electron chi connectivity index (χ1n) is 7.65. The van der Waals surface area contributed by atoms with Crippen LogP contribution in [0.3, 0.4) is 0 Å². The summed E-state index contributed by atoms with van der Waals surface area (Å²) >= 11 is 0. The number of rotatable bonds is 2. The van der Waals surface area contributed by atoms with Crippen LogP contribution >= 0.6 is 0 Å². The second-order valence-corrected chi connectivity index (χ2v) is 8.28. The molecule has 1 aromatic rings. The molecule has 0 N–H and O–H groups in total. The molecule has 3 rings (SSSR count). The highest BCUT2D eigenvalue weighted by atomic mass is 32.2. The predicted octanol–water partition coefficient (Wildman–Crippen LogP) is 1.19. The predicted molar refractivity (Wildman–Crippen MR) is 83.8 cm³/mol. The Labute approximate surface area is 136 Å². The van der Waals surface area contributed by atoms with Crippen molar-refractivity contribution in [3.05, 3.63) is 29.8 Å². The van der Waals surface area contributed by atoms with Crippen LogP contribution in [-0.4, -0.2) is 50.2 Å². The van der Waals surface area contributed by atoms with Crippen LogP contribution in [0, 0.1) is 16.7 Å². The third-order valence-electron chi connectivity index (χ3n) is 4.87. The number of carbonyl (C=O) groups excluding carboxylic acids is 1. The molecule has 2 saturated heterocycles. The van der Waals surface area contributed by atoms with Gasteiger partial charge in [-0.15, -0.1) is 0 Å². The van der Waals surface area contributed by atoms with Crippen molar-refractivity contribution in [2.45, 2.75) is 24.2 Å². The van der Waals surface area contributed by atoms with Crippen LogP contribution in [0.4, 0.5) is 0 Å². The van der Waals surface area contributed by atoms with Crippen molar-refractivity contribution in [1.29, 1.82) is 5.26 Å². The lowest BCUT2D eigenvalue weighted by molar-refractivity contribution is -0.143. The number of likely N-dealkylation sites (tertiary alicyclic amines) is 1. The Bertz CT molecular complexity index is 784. The van der Waals surface area contributed by atoms with Gasteiger partial charge in [-0.3, -0.25) is 4.79 Å². The molecule has 2 aliphatic heterocycles. The molecule has 0 aromatic heterocycles. The van der Waals surface area contributed by atoms with E-state index in [-0.39, 0.29) is 17.3 Å². The first-order valence-corrected chi connectivity index (χ1v) is 9.09. The molecule has 7 heteroatoms. The standard InChI is InChI=1S/C16H19N3O3S/c1-18-8-3-6-16(15(18)20)7-9-19(12-16)23(21,22)14-5-2-4-13(10-14)11-17/h2,4-5,10H,3,6-9,12H2,1H3/t16-/m1/s1. The summed E-state index contributed by atoms with van der Waals surface area (Å²) in [5, 5.41) is 8.95. The number of benzene rings is 1. The summed E-state index contributed by atoms with van der Waals surface area (Å²) in [4.78, 5) is 14.3. The molecule has 1 amide bonds. The molecule has 0 saturated carbocycles. The third-order valence-corrected chi connectivity index (χ3v) is 6.71. The topological polar surface area (TPSA) is 81.5 Å². The van der Waals surface area contributed by atoms with Crippen LogP contribution in [0.1, 0.15) is 24.8 Å². The Morgan fingerprint density at radius 2 is 2.04 bits per heavy atom. The lowest BCUT2D eigenvalue weighted by atomic mass is 9.78. The molecule has 23 heavy (non-hydrogen) atoms. The summed E-state index contributed by atoms with van der Waals surface area (Å²) in [5.41, 5.74) is -0.263. The number of hydrogen-bond acceptors (Lipinski definition) is 4. The van der Waals surface area contributed by atoms with E-state index in [2.05, 4.69) is 0 Å². The Kier molecular flexibility index (Phi) is 3.90. The molecule has 0 radical (unpaired) electrons. The van der Waals surface area contributed by atoms with Gasteiger partial charge in [-0.1, -0.05) is 6.07 Å². The first kappa shape index (κ1) is 16.0. The summed E-state index contributed by atoms with van der Waals surface area (Å²) in [6.45, 7) is 1.31. The second-order valence-electron chi connectivity index (χ2n) is 6.34. The number of nitriles is 1. The summed E-state index contributed by atoms with van der Waals surface area (Å²) in [6.07, 6.45) is 2.20. The van der Waals surface area contributed by atoms with E-state index in [1.807, 2.05) is 6.07 Å². The van der Waals surface area contributed by atoms with Gasteiger partial charge in [-0.2, -0.15) is 9.57 Å². The molecule has 122 valence electrons. The molecule has 1 aromatic carbocycles. The van der Waals surface area contributed by atoms with Gasteiger partial charge in [0.05, 0.1) is 21.9 Å². The average molecular weight is 333 g/mol.